The number of ether oxygens (including phenoxy) is 2. The molecule has 0 radical (unpaired) electrons. The van der Waals surface area contributed by atoms with Crippen LogP contribution in [0.25, 0.3) is 5.69 Å². The van der Waals surface area contributed by atoms with E-state index in [0.29, 0.717) is 24.7 Å². The zero-order valence-electron chi connectivity index (χ0n) is 14.4. The molecule has 1 atom stereocenters. The second-order valence-corrected chi connectivity index (χ2v) is 6.08. The van der Waals surface area contributed by atoms with Gasteiger partial charge in [0.2, 0.25) is 0 Å². The molecule has 2 heterocycles. The van der Waals surface area contributed by atoms with E-state index in [-0.39, 0.29) is 11.9 Å². The minimum atomic E-state index is -0.186. The van der Waals surface area contributed by atoms with Crippen LogP contribution in [0, 0.1) is 0 Å². The summed E-state index contributed by atoms with van der Waals surface area (Å²) >= 11 is 0. The Labute approximate surface area is 151 Å². The SMILES string of the molecule is CC(NC(=O)c1cncn1-c1ccccc1)c1ccc2c(c1)OCCO2. The van der Waals surface area contributed by atoms with Gasteiger partial charge in [-0.1, -0.05) is 24.3 Å². The van der Waals surface area contributed by atoms with Gasteiger partial charge in [-0.2, -0.15) is 0 Å². The Hall–Kier alpha value is -3.28. The van der Waals surface area contributed by atoms with E-state index in [9.17, 15) is 4.79 Å². The predicted octanol–water partition coefficient (Wildman–Crippen LogP) is 3.13. The number of hydrogen-bond acceptors (Lipinski definition) is 4. The molecule has 0 aliphatic carbocycles. The maximum absolute atomic E-state index is 12.7. The van der Waals surface area contributed by atoms with E-state index in [1.807, 2.05) is 55.5 Å². The lowest BCUT2D eigenvalue weighted by atomic mass is 10.1. The summed E-state index contributed by atoms with van der Waals surface area (Å²) in [4.78, 5) is 16.9. The second-order valence-electron chi connectivity index (χ2n) is 6.08. The van der Waals surface area contributed by atoms with Crippen LogP contribution in [0.1, 0.15) is 29.0 Å². The first-order valence-corrected chi connectivity index (χ1v) is 8.50. The highest BCUT2D eigenvalue weighted by atomic mass is 16.6. The van der Waals surface area contributed by atoms with Crippen LogP contribution >= 0.6 is 0 Å². The summed E-state index contributed by atoms with van der Waals surface area (Å²) in [5.74, 6) is 1.26. The van der Waals surface area contributed by atoms with Gasteiger partial charge in [0.25, 0.3) is 5.91 Å². The quantitative estimate of drug-likeness (QED) is 0.786. The Kier molecular flexibility index (Phi) is 4.31. The van der Waals surface area contributed by atoms with Crippen molar-refractivity contribution < 1.29 is 14.3 Å². The van der Waals surface area contributed by atoms with Gasteiger partial charge in [-0.25, -0.2) is 4.98 Å². The standard InChI is InChI=1S/C20H19N3O3/c1-14(15-7-8-18-19(11-15)26-10-9-25-18)22-20(24)17-12-21-13-23(17)16-5-3-2-4-6-16/h2-8,11-14H,9-10H2,1H3,(H,22,24). The molecule has 1 aromatic heterocycles. The number of fused-ring (bicyclic) bond motifs is 1. The molecule has 26 heavy (non-hydrogen) atoms. The molecule has 1 aliphatic rings. The topological polar surface area (TPSA) is 65.4 Å². The van der Waals surface area contributed by atoms with Crippen LogP contribution in [-0.4, -0.2) is 28.7 Å². The van der Waals surface area contributed by atoms with Crippen molar-refractivity contribution >= 4 is 5.91 Å². The van der Waals surface area contributed by atoms with E-state index < -0.39 is 0 Å². The first kappa shape index (κ1) is 16.2. The molecule has 0 saturated heterocycles. The normalized spacial score (nSPS) is 13.9. The van der Waals surface area contributed by atoms with Crippen molar-refractivity contribution in [1.82, 2.24) is 14.9 Å². The number of nitrogens with zero attached hydrogens (tertiary/aromatic N) is 2. The zero-order valence-corrected chi connectivity index (χ0v) is 14.4. The fourth-order valence-corrected chi connectivity index (χ4v) is 2.94. The molecule has 6 nitrogen and oxygen atoms in total. The summed E-state index contributed by atoms with van der Waals surface area (Å²) in [6.45, 7) is 3.03. The van der Waals surface area contributed by atoms with Gasteiger partial charge in [0.1, 0.15) is 18.9 Å². The average Bonchev–Trinajstić information content (AvgIpc) is 3.18. The van der Waals surface area contributed by atoms with E-state index in [2.05, 4.69) is 10.3 Å². The van der Waals surface area contributed by atoms with Gasteiger partial charge in [-0.05, 0) is 36.8 Å². The Morgan fingerprint density at radius 2 is 1.88 bits per heavy atom. The van der Waals surface area contributed by atoms with E-state index in [1.54, 1.807) is 17.1 Å². The fourth-order valence-electron chi connectivity index (χ4n) is 2.94. The van der Waals surface area contributed by atoms with Gasteiger partial charge in [0.05, 0.1) is 18.6 Å². The lowest BCUT2D eigenvalue weighted by Crippen LogP contribution is -2.28. The van der Waals surface area contributed by atoms with Crippen LogP contribution in [0.4, 0.5) is 0 Å². The Morgan fingerprint density at radius 3 is 2.69 bits per heavy atom. The molecule has 1 N–H and O–H groups in total. The van der Waals surface area contributed by atoms with Crippen LogP contribution < -0.4 is 14.8 Å². The van der Waals surface area contributed by atoms with Gasteiger partial charge in [-0.15, -0.1) is 0 Å². The molecule has 3 aromatic rings. The molecular weight excluding hydrogens is 330 g/mol. The maximum atomic E-state index is 12.7. The van der Waals surface area contributed by atoms with Crippen LogP contribution in [-0.2, 0) is 0 Å². The van der Waals surface area contributed by atoms with Crippen LogP contribution in [0.2, 0.25) is 0 Å². The molecule has 132 valence electrons. The monoisotopic (exact) mass is 349 g/mol. The number of amides is 1. The third-order valence-corrected chi connectivity index (χ3v) is 4.32. The van der Waals surface area contributed by atoms with Gasteiger partial charge in [0, 0.05) is 5.69 Å². The number of nitrogens with one attached hydrogen (secondary N) is 1. The number of hydrogen-bond donors (Lipinski definition) is 1. The Morgan fingerprint density at radius 1 is 1.12 bits per heavy atom. The smallest absolute Gasteiger partial charge is 0.270 e. The molecule has 1 aliphatic heterocycles. The van der Waals surface area contributed by atoms with Crippen molar-refractivity contribution in [2.75, 3.05) is 13.2 Å². The van der Waals surface area contributed by atoms with Crippen LogP contribution in [0.15, 0.2) is 61.1 Å². The summed E-state index contributed by atoms with van der Waals surface area (Å²) in [6.07, 6.45) is 3.21. The molecule has 0 spiro atoms. The molecule has 1 unspecified atom stereocenters. The predicted molar refractivity (Wildman–Crippen MR) is 96.9 cm³/mol. The third kappa shape index (κ3) is 3.13. The molecule has 0 fully saturated rings. The third-order valence-electron chi connectivity index (χ3n) is 4.32. The Balaban J connectivity index is 1.53. The fraction of sp³-hybridized carbons (Fsp3) is 0.200. The number of carbonyl (C=O) groups excluding carboxylic acids is 1. The van der Waals surface area contributed by atoms with Crippen molar-refractivity contribution in [2.45, 2.75) is 13.0 Å². The number of para-hydroxylation sites is 1. The summed E-state index contributed by atoms with van der Waals surface area (Å²) in [5.41, 5.74) is 2.33. The van der Waals surface area contributed by atoms with Crippen molar-refractivity contribution in [2.24, 2.45) is 0 Å². The van der Waals surface area contributed by atoms with Crippen molar-refractivity contribution in [3.05, 3.63) is 72.3 Å². The van der Waals surface area contributed by atoms with Crippen molar-refractivity contribution in [3.8, 4) is 17.2 Å². The van der Waals surface area contributed by atoms with Crippen LogP contribution in [0.3, 0.4) is 0 Å². The summed E-state index contributed by atoms with van der Waals surface area (Å²) in [5, 5.41) is 3.02. The summed E-state index contributed by atoms with van der Waals surface area (Å²) < 4.78 is 12.9. The van der Waals surface area contributed by atoms with Crippen molar-refractivity contribution in [1.29, 1.82) is 0 Å². The van der Waals surface area contributed by atoms with Gasteiger partial charge >= 0.3 is 0 Å². The summed E-state index contributed by atoms with van der Waals surface area (Å²) in [6, 6.07) is 15.2. The van der Waals surface area contributed by atoms with Gasteiger partial charge in [-0.3, -0.25) is 9.36 Å². The highest BCUT2D eigenvalue weighted by molar-refractivity contribution is 5.93. The molecule has 6 heteroatoms. The first-order valence-electron chi connectivity index (χ1n) is 8.50. The van der Waals surface area contributed by atoms with E-state index in [0.717, 1.165) is 17.0 Å². The number of imidazole rings is 1. The number of carbonyl (C=O) groups is 1. The zero-order chi connectivity index (χ0) is 17.9. The number of aromatic nitrogens is 2. The molecular formula is C20H19N3O3. The number of benzene rings is 2. The number of rotatable bonds is 4. The van der Waals surface area contributed by atoms with Gasteiger partial charge < -0.3 is 14.8 Å². The molecule has 0 saturated carbocycles. The first-order chi connectivity index (χ1) is 12.7. The van der Waals surface area contributed by atoms with Crippen molar-refractivity contribution in [3.63, 3.8) is 0 Å². The van der Waals surface area contributed by atoms with E-state index in [4.69, 9.17) is 9.47 Å². The minimum Gasteiger partial charge on any atom is -0.486 e. The Bertz CT molecular complexity index is 921. The summed E-state index contributed by atoms with van der Waals surface area (Å²) in [7, 11) is 0. The lowest BCUT2D eigenvalue weighted by molar-refractivity contribution is 0.0933. The molecule has 1 amide bonds. The van der Waals surface area contributed by atoms with Gasteiger partial charge in [0.15, 0.2) is 11.5 Å². The molecule has 4 rings (SSSR count). The highest BCUT2D eigenvalue weighted by Crippen LogP contribution is 2.32. The average molecular weight is 349 g/mol. The van der Waals surface area contributed by atoms with E-state index in [1.165, 1.54) is 0 Å². The highest BCUT2D eigenvalue weighted by Gasteiger charge is 2.18. The maximum Gasteiger partial charge on any atom is 0.270 e. The second kappa shape index (κ2) is 6.92. The van der Waals surface area contributed by atoms with Crippen LogP contribution in [0.5, 0.6) is 11.5 Å². The lowest BCUT2D eigenvalue weighted by Gasteiger charge is -2.21. The van der Waals surface area contributed by atoms with E-state index >= 15 is 0 Å². The molecule has 2 aromatic carbocycles. The largest absolute Gasteiger partial charge is 0.486 e. The molecule has 0 bridgehead atoms. The minimum absolute atomic E-state index is 0.183.